The molecule has 6 amide bonds. The molecule has 26 unspecified atom stereocenters. The Hall–Kier alpha value is -8.88. The third-order valence-electron chi connectivity index (χ3n) is 19.4. The van der Waals surface area contributed by atoms with Gasteiger partial charge >= 0.3 is 0 Å². The Morgan fingerprint density at radius 2 is 1.20 bits per heavy atom. The zero-order valence-electron chi connectivity index (χ0n) is 56.8. The summed E-state index contributed by atoms with van der Waals surface area (Å²) in [5, 5.41) is 151. The van der Waals surface area contributed by atoms with E-state index in [-0.39, 0.29) is 30.4 Å². The summed E-state index contributed by atoms with van der Waals surface area (Å²) in [6.07, 6.45) is -31.0. The van der Waals surface area contributed by atoms with Crippen LogP contribution in [0.1, 0.15) is 41.4 Å². The van der Waals surface area contributed by atoms with Crippen molar-refractivity contribution in [2.24, 2.45) is 21.5 Å². The van der Waals surface area contributed by atoms with Crippen LogP contribution in [0.3, 0.4) is 0 Å². The number of hydrogen-bond acceptors (Lipinski definition) is 32. The van der Waals surface area contributed by atoms with Gasteiger partial charge in [0.05, 0.1) is 58.1 Å². The summed E-state index contributed by atoms with van der Waals surface area (Å²) in [5.41, 5.74) is 14.5. The van der Waals surface area contributed by atoms with Gasteiger partial charge < -0.3 is 153 Å². The normalized spacial score (nSPS) is 35.1. The lowest BCUT2D eigenvalue weighted by atomic mass is 9.92. The first-order valence-electron chi connectivity index (χ1n) is 34.2. The SMILES string of the molecule is CC(c1ccccc1)C1NC(=O)CNC(=O)C(CO)NC(=O)C(C(O)C2CN=C(N)N2C2OC(CO)C(O)C(O)C2O)NC(=O)C(C(O)C2CN=C(N)N2)NC(=O)C(Cc2ccc(OC3OC(CO)C(OC4OC5COC(c6ccc(OCc7ccccc7)cc6)OC5C(O)C4O)C(O)C3O)cc2)NC1=O. The molecule has 0 aromatic heterocycles. The van der Waals surface area contributed by atoms with Crippen LogP contribution in [-0.2, 0) is 70.2 Å². The quantitative estimate of drug-likeness (QED) is 0.0391. The van der Waals surface area contributed by atoms with Crippen molar-refractivity contribution in [2.45, 2.75) is 179 Å². The van der Waals surface area contributed by atoms with Gasteiger partial charge in [-0.15, -0.1) is 0 Å². The molecule has 7 heterocycles. The smallest absolute Gasteiger partial charge is 0.246 e. The van der Waals surface area contributed by atoms with E-state index >= 15 is 9.59 Å². The van der Waals surface area contributed by atoms with Gasteiger partial charge in [-0.3, -0.25) is 38.8 Å². The van der Waals surface area contributed by atoms with E-state index in [2.05, 4.69) is 47.2 Å². The van der Waals surface area contributed by atoms with E-state index in [9.17, 15) is 80.5 Å². The Bertz CT molecular complexity index is 3730. The number of guanidine groups is 2. The number of aliphatic hydroxyl groups is 12. The number of carbonyl (C=O) groups is 6. The average molecular weight is 1490 g/mol. The second-order valence-electron chi connectivity index (χ2n) is 26.5. The van der Waals surface area contributed by atoms with Crippen molar-refractivity contribution in [1.82, 2.24) is 42.1 Å². The highest BCUT2D eigenvalue weighted by molar-refractivity contribution is 5.98. The minimum Gasteiger partial charge on any atom is -0.489 e. The molecule has 0 saturated carbocycles. The third kappa shape index (κ3) is 17.7. The number of fused-ring (bicyclic) bond motifs is 1. The van der Waals surface area contributed by atoms with Crippen LogP contribution in [0.25, 0.3) is 0 Å². The van der Waals surface area contributed by atoms with Gasteiger partial charge in [-0.05, 0) is 41.0 Å². The highest BCUT2D eigenvalue weighted by atomic mass is 16.8. The number of amides is 6. The van der Waals surface area contributed by atoms with Gasteiger partial charge in [0, 0.05) is 17.9 Å². The fourth-order valence-electron chi connectivity index (χ4n) is 13.3. The third-order valence-corrected chi connectivity index (χ3v) is 19.4. The second-order valence-corrected chi connectivity index (χ2v) is 26.5. The largest absolute Gasteiger partial charge is 0.489 e. The molecule has 106 heavy (non-hydrogen) atoms. The topological polar surface area (TPSA) is 583 Å². The van der Waals surface area contributed by atoms with E-state index in [0.717, 1.165) is 10.5 Å². The molecule has 0 radical (unpaired) electrons. The van der Waals surface area contributed by atoms with E-state index in [1.54, 1.807) is 61.5 Å². The van der Waals surface area contributed by atoms with E-state index in [1.807, 2.05) is 30.3 Å². The number of hydrogen-bond donors (Lipinski definition) is 21. The first kappa shape index (κ1) is 78.2. The van der Waals surface area contributed by atoms with Crippen LogP contribution in [-0.4, -0.2) is 306 Å². The van der Waals surface area contributed by atoms with Crippen molar-refractivity contribution in [3.63, 3.8) is 0 Å². The van der Waals surface area contributed by atoms with Crippen LogP contribution in [0.5, 0.6) is 11.5 Å². The summed E-state index contributed by atoms with van der Waals surface area (Å²) in [4.78, 5) is 96.7. The minimum absolute atomic E-state index is 0.0522. The molecule has 38 nitrogen and oxygen atoms in total. The van der Waals surface area contributed by atoms with Crippen LogP contribution in [0.2, 0.25) is 0 Å². The number of aliphatic hydroxyl groups excluding tert-OH is 12. The van der Waals surface area contributed by atoms with Gasteiger partial charge in [0.1, 0.15) is 134 Å². The Balaban J connectivity index is 0.814. The number of rotatable bonds is 20. The molecular formula is C68H88N12O26. The summed E-state index contributed by atoms with van der Waals surface area (Å²) in [7, 11) is 0. The van der Waals surface area contributed by atoms with Crippen molar-refractivity contribution in [2.75, 3.05) is 46.1 Å². The van der Waals surface area contributed by atoms with E-state index in [1.165, 1.54) is 24.3 Å². The molecule has 7 aliphatic rings. The van der Waals surface area contributed by atoms with Crippen LogP contribution in [0.4, 0.5) is 0 Å². The zero-order valence-corrected chi connectivity index (χ0v) is 56.8. The number of aliphatic imine (C=N–C) groups is 2. The first-order chi connectivity index (χ1) is 50.8. The van der Waals surface area contributed by atoms with Crippen molar-refractivity contribution in [1.29, 1.82) is 0 Å². The van der Waals surface area contributed by atoms with Crippen LogP contribution in [0.15, 0.2) is 119 Å². The van der Waals surface area contributed by atoms with E-state index in [4.69, 9.17) is 49.4 Å². The number of benzene rings is 4. The fourth-order valence-corrected chi connectivity index (χ4v) is 13.3. The molecule has 4 aromatic carbocycles. The number of nitrogens with two attached hydrogens (primary N) is 2. The number of nitrogens with one attached hydrogen (secondary N) is 7. The van der Waals surface area contributed by atoms with Crippen molar-refractivity contribution >= 4 is 47.4 Å². The monoisotopic (exact) mass is 1490 g/mol. The molecule has 4 aromatic rings. The Morgan fingerprint density at radius 3 is 1.87 bits per heavy atom. The van der Waals surface area contributed by atoms with Crippen molar-refractivity contribution in [3.05, 3.63) is 131 Å². The van der Waals surface area contributed by atoms with Gasteiger partial charge in [0.2, 0.25) is 41.7 Å². The predicted octanol–water partition coefficient (Wildman–Crippen LogP) is -9.27. The van der Waals surface area contributed by atoms with E-state index in [0.29, 0.717) is 23.5 Å². The number of carbonyl (C=O) groups excluding carboxylic acids is 6. The fraction of sp³-hybridized carbons (Fsp3) is 0.529. The average Bonchev–Trinajstić information content (AvgIpc) is 1.19. The molecule has 0 aliphatic carbocycles. The Morgan fingerprint density at radius 1 is 0.566 bits per heavy atom. The maximum absolute atomic E-state index is 15.2. The second kappa shape index (κ2) is 34.8. The lowest BCUT2D eigenvalue weighted by Crippen LogP contribution is -2.70. The first-order valence-corrected chi connectivity index (χ1v) is 34.2. The molecule has 26 atom stereocenters. The Labute approximate surface area is 604 Å². The van der Waals surface area contributed by atoms with Crippen LogP contribution >= 0.6 is 0 Å². The molecule has 5 saturated heterocycles. The highest BCUT2D eigenvalue weighted by Gasteiger charge is 2.55. The zero-order chi connectivity index (χ0) is 75.8. The maximum atomic E-state index is 15.2. The highest BCUT2D eigenvalue weighted by Crippen LogP contribution is 2.38. The molecule has 5 fully saturated rings. The lowest BCUT2D eigenvalue weighted by Gasteiger charge is -2.48. The summed E-state index contributed by atoms with van der Waals surface area (Å²) < 4.78 is 47.5. The molecule has 11 rings (SSSR count). The van der Waals surface area contributed by atoms with Gasteiger partial charge in [-0.25, -0.2) is 0 Å². The van der Waals surface area contributed by atoms with Crippen LogP contribution < -0.4 is 58.2 Å². The lowest BCUT2D eigenvalue weighted by molar-refractivity contribution is -0.383. The van der Waals surface area contributed by atoms with Crippen LogP contribution in [0, 0.1) is 0 Å². The maximum Gasteiger partial charge on any atom is 0.246 e. The van der Waals surface area contributed by atoms with Gasteiger partial charge in [-0.2, -0.15) is 0 Å². The summed E-state index contributed by atoms with van der Waals surface area (Å²) in [6, 6.07) is 17.5. The molecule has 0 bridgehead atoms. The Kier molecular flexibility index (Phi) is 25.7. The standard InChI is InChI=1S/C68H88N12O26/c1-29(32-10-6-3-7-11-32)44-60(96)74-36(20-30-12-16-35(17-13-30)101-65-54(92)51(89)56(41(26-83)103-65)106-66-55(93)52(90)57-42(104-66)28-100-64(105-57)33-14-18-34(19-15-33)99-27-31-8-4-2-5-9-31)59(95)78-45(47(85)37-21-72-67(69)76-37)62(98)79-46(61(97)75-38(24-81)58(94)71-23-43(84)77-44)48(86)39-22-73-68(70)80(39)63-53(91)50(88)49(87)40(25-82)102-63/h2-19,29,36-42,44-57,63-66,81-83,85-93H,20-28H2,1H3,(H2,70,73)(H,71,94)(H,74,96)(H,75,97)(H,77,84)(H,78,95)(H,79,98)(H3,69,72,76). The van der Waals surface area contributed by atoms with Gasteiger partial charge in [0.15, 0.2) is 30.7 Å². The minimum atomic E-state index is -2.35. The van der Waals surface area contributed by atoms with Crippen molar-refractivity contribution in [3.8, 4) is 11.5 Å². The molecule has 0 spiro atoms. The van der Waals surface area contributed by atoms with Gasteiger partial charge in [0.25, 0.3) is 0 Å². The molecule has 23 N–H and O–H groups in total. The van der Waals surface area contributed by atoms with Gasteiger partial charge in [-0.1, -0.05) is 91.9 Å². The summed E-state index contributed by atoms with van der Waals surface area (Å²) in [5.74, 6) is -8.36. The molecule has 38 heteroatoms. The number of ether oxygens (including phenoxy) is 8. The van der Waals surface area contributed by atoms with Crippen molar-refractivity contribution < 1.29 is 128 Å². The molecule has 7 aliphatic heterocycles. The van der Waals surface area contributed by atoms with E-state index < -0.39 is 239 Å². The predicted molar refractivity (Wildman–Crippen MR) is 361 cm³/mol. The molecular weight excluding hydrogens is 1400 g/mol. The summed E-state index contributed by atoms with van der Waals surface area (Å²) in [6.45, 7) is -2.92. The summed E-state index contributed by atoms with van der Waals surface area (Å²) >= 11 is 0. The molecule has 576 valence electrons. The number of nitrogens with zero attached hydrogens (tertiary/aromatic N) is 3.